The van der Waals surface area contributed by atoms with Crippen molar-refractivity contribution < 1.29 is 19.4 Å². The molecule has 2 N–H and O–H groups in total. The quantitative estimate of drug-likeness (QED) is 0.603. The Balaban J connectivity index is 2.88. The molecule has 0 aromatic carbocycles. The van der Waals surface area contributed by atoms with Gasteiger partial charge in [-0.1, -0.05) is 12.7 Å². The van der Waals surface area contributed by atoms with Crippen LogP contribution in [-0.4, -0.2) is 33.6 Å². The summed E-state index contributed by atoms with van der Waals surface area (Å²) in [7, 11) is 0. The Morgan fingerprint density at radius 1 is 1.63 bits per heavy atom. The Morgan fingerprint density at radius 2 is 2.37 bits per heavy atom. The predicted molar refractivity (Wildman–Crippen MR) is 69.7 cm³/mol. The van der Waals surface area contributed by atoms with Crippen LogP contribution in [0.1, 0.15) is 12.6 Å². The number of carbonyl (C=O) groups excluding carboxylic acids is 1. The molecule has 0 bridgehead atoms. The second-order valence-electron chi connectivity index (χ2n) is 3.44. The van der Waals surface area contributed by atoms with Crippen LogP contribution < -0.4 is 5.32 Å². The Bertz CT molecular complexity index is 505. The van der Waals surface area contributed by atoms with Crippen molar-refractivity contribution in [2.45, 2.75) is 13.5 Å². The molecule has 102 valence electrons. The fraction of sp³-hybridized carbons (Fsp3) is 0.250. The van der Waals surface area contributed by atoms with Crippen LogP contribution in [0.4, 0.5) is 10.5 Å². The van der Waals surface area contributed by atoms with Crippen LogP contribution in [-0.2, 0) is 16.1 Å². The average molecular weight is 265 g/mol. The molecule has 0 unspecified atom stereocenters. The van der Waals surface area contributed by atoms with Gasteiger partial charge >= 0.3 is 12.1 Å². The standard InChI is InChI=1S/C12H15N3O4/c1-3-7-19-12(18)14-9-8-13-15(4-2)10(9)5-6-11(16)17/h3,5-6,8H,1,4,7H2,2H3,(H,14,18)(H,16,17)/b6-5+. The number of aliphatic carboxylic acids is 1. The van der Waals surface area contributed by atoms with Gasteiger partial charge in [-0.25, -0.2) is 9.59 Å². The molecule has 19 heavy (non-hydrogen) atoms. The summed E-state index contributed by atoms with van der Waals surface area (Å²) in [6.45, 7) is 5.91. The van der Waals surface area contributed by atoms with Gasteiger partial charge in [0.2, 0.25) is 0 Å². The number of aromatic nitrogens is 2. The van der Waals surface area contributed by atoms with Gasteiger partial charge < -0.3 is 9.84 Å². The Kier molecular flexibility index (Phi) is 5.34. The maximum absolute atomic E-state index is 11.4. The molecule has 1 rings (SSSR count). The van der Waals surface area contributed by atoms with E-state index >= 15 is 0 Å². The van der Waals surface area contributed by atoms with E-state index in [1.807, 2.05) is 6.92 Å². The molecular formula is C12H15N3O4. The fourth-order valence-electron chi connectivity index (χ4n) is 1.35. The van der Waals surface area contributed by atoms with Gasteiger partial charge in [0.25, 0.3) is 0 Å². The van der Waals surface area contributed by atoms with E-state index in [0.717, 1.165) is 6.08 Å². The lowest BCUT2D eigenvalue weighted by Crippen LogP contribution is -2.14. The van der Waals surface area contributed by atoms with Crippen molar-refractivity contribution in [3.8, 4) is 0 Å². The molecule has 0 radical (unpaired) electrons. The first kappa shape index (κ1) is 14.5. The maximum atomic E-state index is 11.4. The van der Waals surface area contributed by atoms with E-state index in [9.17, 15) is 9.59 Å². The number of nitrogens with one attached hydrogen (secondary N) is 1. The zero-order chi connectivity index (χ0) is 14.3. The van der Waals surface area contributed by atoms with Crippen LogP contribution in [0.5, 0.6) is 0 Å². The SMILES string of the molecule is C=CCOC(=O)Nc1cnn(CC)c1/C=C/C(=O)O. The largest absolute Gasteiger partial charge is 0.478 e. The highest BCUT2D eigenvalue weighted by Gasteiger charge is 2.11. The number of nitrogens with zero attached hydrogens (tertiary/aromatic N) is 2. The van der Waals surface area contributed by atoms with Gasteiger partial charge in [-0.2, -0.15) is 5.10 Å². The minimum atomic E-state index is -1.08. The van der Waals surface area contributed by atoms with E-state index < -0.39 is 12.1 Å². The summed E-state index contributed by atoms with van der Waals surface area (Å²) in [6.07, 6.45) is 4.56. The van der Waals surface area contributed by atoms with E-state index in [-0.39, 0.29) is 6.61 Å². The summed E-state index contributed by atoms with van der Waals surface area (Å²) < 4.78 is 6.33. The summed E-state index contributed by atoms with van der Waals surface area (Å²) in [6, 6.07) is 0. The Hall–Kier alpha value is -2.57. The number of amides is 1. The van der Waals surface area contributed by atoms with Gasteiger partial charge in [0.1, 0.15) is 6.61 Å². The number of anilines is 1. The third-order valence-electron chi connectivity index (χ3n) is 2.13. The molecule has 1 aromatic rings. The maximum Gasteiger partial charge on any atom is 0.412 e. The first-order chi connectivity index (χ1) is 9.08. The molecule has 1 amide bonds. The van der Waals surface area contributed by atoms with E-state index in [2.05, 4.69) is 17.0 Å². The van der Waals surface area contributed by atoms with E-state index in [0.29, 0.717) is 17.9 Å². The molecule has 0 saturated heterocycles. The summed E-state index contributed by atoms with van der Waals surface area (Å²) in [5.74, 6) is -1.08. The molecule has 0 aliphatic rings. The summed E-state index contributed by atoms with van der Waals surface area (Å²) >= 11 is 0. The number of carboxylic acid groups (broad SMARTS) is 1. The number of carboxylic acids is 1. The highest BCUT2D eigenvalue weighted by Crippen LogP contribution is 2.17. The van der Waals surface area contributed by atoms with Crippen molar-refractivity contribution in [1.82, 2.24) is 9.78 Å². The molecule has 7 heteroatoms. The lowest BCUT2D eigenvalue weighted by molar-refractivity contribution is -0.131. The fourth-order valence-corrected chi connectivity index (χ4v) is 1.35. The first-order valence-electron chi connectivity index (χ1n) is 5.60. The van der Waals surface area contributed by atoms with E-state index in [1.165, 1.54) is 18.3 Å². The number of hydrogen-bond donors (Lipinski definition) is 2. The minimum Gasteiger partial charge on any atom is -0.478 e. The third kappa shape index (κ3) is 4.30. The monoisotopic (exact) mass is 265 g/mol. The van der Waals surface area contributed by atoms with Crippen molar-refractivity contribution in [3.63, 3.8) is 0 Å². The summed E-state index contributed by atoms with van der Waals surface area (Å²) in [5.41, 5.74) is 0.869. The third-order valence-corrected chi connectivity index (χ3v) is 2.13. The van der Waals surface area contributed by atoms with Gasteiger partial charge in [0.05, 0.1) is 17.6 Å². The van der Waals surface area contributed by atoms with Crippen LogP contribution in [0.15, 0.2) is 24.9 Å². The topological polar surface area (TPSA) is 93.5 Å². The lowest BCUT2D eigenvalue weighted by atomic mass is 10.3. The molecule has 1 aromatic heterocycles. The zero-order valence-electron chi connectivity index (χ0n) is 10.5. The minimum absolute atomic E-state index is 0.0913. The zero-order valence-corrected chi connectivity index (χ0v) is 10.5. The lowest BCUT2D eigenvalue weighted by Gasteiger charge is -2.05. The van der Waals surface area contributed by atoms with Crippen LogP contribution >= 0.6 is 0 Å². The van der Waals surface area contributed by atoms with Crippen LogP contribution in [0.3, 0.4) is 0 Å². The number of hydrogen-bond acceptors (Lipinski definition) is 4. The number of carbonyl (C=O) groups is 2. The smallest absolute Gasteiger partial charge is 0.412 e. The molecule has 1 heterocycles. The average Bonchev–Trinajstić information content (AvgIpc) is 2.75. The van der Waals surface area contributed by atoms with Crippen molar-refractivity contribution in [2.24, 2.45) is 0 Å². The second kappa shape index (κ2) is 7.00. The van der Waals surface area contributed by atoms with Crippen molar-refractivity contribution >= 4 is 23.8 Å². The second-order valence-corrected chi connectivity index (χ2v) is 3.44. The molecule has 0 spiro atoms. The van der Waals surface area contributed by atoms with Crippen LogP contribution in [0, 0.1) is 0 Å². The number of rotatable bonds is 6. The first-order valence-corrected chi connectivity index (χ1v) is 5.60. The normalized spacial score (nSPS) is 10.4. The predicted octanol–water partition coefficient (Wildman–Crippen LogP) is 1.74. The highest BCUT2D eigenvalue weighted by molar-refractivity contribution is 5.90. The van der Waals surface area contributed by atoms with Gasteiger partial charge in [0, 0.05) is 12.6 Å². The molecule has 0 aliphatic heterocycles. The van der Waals surface area contributed by atoms with Crippen molar-refractivity contribution in [3.05, 3.63) is 30.6 Å². The summed E-state index contributed by atoms with van der Waals surface area (Å²) in [4.78, 5) is 21.9. The molecule has 0 fully saturated rings. The summed E-state index contributed by atoms with van der Waals surface area (Å²) in [5, 5.41) is 15.1. The highest BCUT2D eigenvalue weighted by atomic mass is 16.5. The van der Waals surface area contributed by atoms with E-state index in [1.54, 1.807) is 4.68 Å². The Labute approximate surface area is 110 Å². The van der Waals surface area contributed by atoms with E-state index in [4.69, 9.17) is 9.84 Å². The van der Waals surface area contributed by atoms with Crippen molar-refractivity contribution in [1.29, 1.82) is 0 Å². The van der Waals surface area contributed by atoms with Crippen LogP contribution in [0.25, 0.3) is 6.08 Å². The molecule has 0 aliphatic carbocycles. The molecular weight excluding hydrogens is 250 g/mol. The number of aryl methyl sites for hydroxylation is 1. The van der Waals surface area contributed by atoms with Crippen LogP contribution in [0.2, 0.25) is 0 Å². The van der Waals surface area contributed by atoms with Gasteiger partial charge in [-0.3, -0.25) is 10.00 Å². The molecule has 0 saturated carbocycles. The van der Waals surface area contributed by atoms with Gasteiger partial charge in [-0.05, 0) is 13.0 Å². The molecule has 0 atom stereocenters. The molecule has 7 nitrogen and oxygen atoms in total. The van der Waals surface area contributed by atoms with Gasteiger partial charge in [0.15, 0.2) is 0 Å². The Morgan fingerprint density at radius 3 is 2.95 bits per heavy atom. The van der Waals surface area contributed by atoms with Crippen molar-refractivity contribution in [2.75, 3.05) is 11.9 Å². The van der Waals surface area contributed by atoms with Gasteiger partial charge in [-0.15, -0.1) is 0 Å². The number of ether oxygens (including phenoxy) is 1.